The minimum atomic E-state index is 0.858. The van der Waals surface area contributed by atoms with Crippen molar-refractivity contribution in [1.82, 2.24) is 0 Å². The summed E-state index contributed by atoms with van der Waals surface area (Å²) in [5, 5.41) is 0. The van der Waals surface area contributed by atoms with E-state index in [9.17, 15) is 0 Å². The SMILES string of the molecule is C=C/C(=C\C[n+]1ccccc1)c1ccccc1. The Kier molecular flexibility index (Phi) is 3.87. The van der Waals surface area contributed by atoms with Crippen LogP contribution in [0.5, 0.6) is 0 Å². The van der Waals surface area contributed by atoms with E-state index in [-0.39, 0.29) is 0 Å². The average Bonchev–Trinajstić information content (AvgIpc) is 2.42. The molecular weight excluding hydrogens is 206 g/mol. The van der Waals surface area contributed by atoms with E-state index >= 15 is 0 Å². The van der Waals surface area contributed by atoms with Gasteiger partial charge in [-0.1, -0.05) is 49.1 Å². The number of benzene rings is 1. The normalized spacial score (nSPS) is 11.2. The smallest absolute Gasteiger partial charge is 0.169 e. The van der Waals surface area contributed by atoms with Crippen molar-refractivity contribution >= 4 is 5.57 Å². The summed E-state index contributed by atoms with van der Waals surface area (Å²) >= 11 is 0. The zero-order valence-electron chi connectivity index (χ0n) is 9.79. The summed E-state index contributed by atoms with van der Waals surface area (Å²) in [6.45, 7) is 4.73. The Labute approximate surface area is 102 Å². The zero-order chi connectivity index (χ0) is 11.9. The molecule has 1 heterocycles. The molecule has 2 aromatic rings. The van der Waals surface area contributed by atoms with Gasteiger partial charge in [-0.3, -0.25) is 0 Å². The van der Waals surface area contributed by atoms with Crippen LogP contribution in [0.3, 0.4) is 0 Å². The molecule has 0 saturated heterocycles. The fourth-order valence-electron chi connectivity index (χ4n) is 1.71. The van der Waals surface area contributed by atoms with Gasteiger partial charge in [0.15, 0.2) is 18.9 Å². The minimum Gasteiger partial charge on any atom is -0.201 e. The average molecular weight is 222 g/mol. The molecule has 0 fully saturated rings. The third-order valence-corrected chi connectivity index (χ3v) is 2.63. The van der Waals surface area contributed by atoms with Gasteiger partial charge in [0, 0.05) is 12.1 Å². The van der Waals surface area contributed by atoms with Crippen molar-refractivity contribution in [3.8, 4) is 0 Å². The topological polar surface area (TPSA) is 3.88 Å². The molecule has 0 amide bonds. The Balaban J connectivity index is 2.17. The monoisotopic (exact) mass is 222 g/mol. The van der Waals surface area contributed by atoms with Crippen molar-refractivity contribution in [1.29, 1.82) is 0 Å². The highest BCUT2D eigenvalue weighted by molar-refractivity contribution is 5.73. The molecule has 0 aliphatic rings. The van der Waals surface area contributed by atoms with E-state index < -0.39 is 0 Å². The Morgan fingerprint density at radius 3 is 2.29 bits per heavy atom. The van der Waals surface area contributed by atoms with Gasteiger partial charge in [-0.05, 0) is 17.2 Å². The summed E-state index contributed by atoms with van der Waals surface area (Å²) in [6, 6.07) is 16.4. The fraction of sp³-hybridized carbons (Fsp3) is 0.0625. The molecular formula is C16H16N+. The van der Waals surface area contributed by atoms with Gasteiger partial charge >= 0.3 is 0 Å². The lowest BCUT2D eigenvalue weighted by Crippen LogP contribution is -2.31. The number of aromatic nitrogens is 1. The number of pyridine rings is 1. The summed E-state index contributed by atoms with van der Waals surface area (Å²) in [5.74, 6) is 0. The molecule has 0 aliphatic heterocycles. The lowest BCUT2D eigenvalue weighted by molar-refractivity contribution is -0.686. The summed E-state index contributed by atoms with van der Waals surface area (Å²) in [7, 11) is 0. The Bertz CT molecular complexity index is 498. The Morgan fingerprint density at radius 1 is 1.00 bits per heavy atom. The second-order valence-electron chi connectivity index (χ2n) is 3.80. The lowest BCUT2D eigenvalue weighted by atomic mass is 10.1. The molecule has 0 bridgehead atoms. The second-order valence-corrected chi connectivity index (χ2v) is 3.80. The van der Waals surface area contributed by atoms with E-state index in [1.807, 2.05) is 42.5 Å². The number of hydrogen-bond donors (Lipinski definition) is 0. The van der Waals surface area contributed by atoms with Gasteiger partial charge in [0.05, 0.1) is 0 Å². The largest absolute Gasteiger partial charge is 0.201 e. The van der Waals surface area contributed by atoms with E-state index in [1.165, 1.54) is 11.1 Å². The van der Waals surface area contributed by atoms with Crippen LogP contribution in [-0.2, 0) is 6.54 Å². The fourth-order valence-corrected chi connectivity index (χ4v) is 1.71. The van der Waals surface area contributed by atoms with Crippen molar-refractivity contribution < 1.29 is 4.57 Å². The number of rotatable bonds is 4. The van der Waals surface area contributed by atoms with Gasteiger partial charge in [-0.2, -0.15) is 0 Å². The van der Waals surface area contributed by atoms with Gasteiger partial charge in [0.25, 0.3) is 0 Å². The molecule has 0 saturated carbocycles. The molecule has 17 heavy (non-hydrogen) atoms. The first-order chi connectivity index (χ1) is 8.40. The van der Waals surface area contributed by atoms with Gasteiger partial charge in [0.1, 0.15) is 0 Å². The first-order valence-electron chi connectivity index (χ1n) is 5.72. The molecule has 1 nitrogen and oxygen atoms in total. The third-order valence-electron chi connectivity index (χ3n) is 2.63. The molecule has 0 N–H and O–H groups in total. The third kappa shape index (κ3) is 3.15. The first kappa shape index (κ1) is 11.3. The number of allylic oxidation sites excluding steroid dienone is 3. The van der Waals surface area contributed by atoms with Crippen LogP contribution in [0.1, 0.15) is 5.56 Å². The molecule has 0 aliphatic carbocycles. The molecule has 0 atom stereocenters. The van der Waals surface area contributed by atoms with Crippen LogP contribution in [0.25, 0.3) is 5.57 Å². The maximum absolute atomic E-state index is 3.87. The lowest BCUT2D eigenvalue weighted by Gasteiger charge is -2.00. The highest BCUT2D eigenvalue weighted by Crippen LogP contribution is 2.14. The molecule has 1 aromatic heterocycles. The highest BCUT2D eigenvalue weighted by atomic mass is 14.9. The zero-order valence-corrected chi connectivity index (χ0v) is 9.79. The molecule has 1 aromatic carbocycles. The summed E-state index contributed by atoms with van der Waals surface area (Å²) in [5.41, 5.74) is 2.38. The van der Waals surface area contributed by atoms with Crippen LogP contribution < -0.4 is 4.57 Å². The molecule has 0 radical (unpaired) electrons. The maximum atomic E-state index is 3.87. The summed E-state index contributed by atoms with van der Waals surface area (Å²) < 4.78 is 2.13. The van der Waals surface area contributed by atoms with Gasteiger partial charge in [-0.15, -0.1) is 0 Å². The quantitative estimate of drug-likeness (QED) is 0.552. The first-order valence-corrected chi connectivity index (χ1v) is 5.72. The molecule has 0 spiro atoms. The number of hydrogen-bond acceptors (Lipinski definition) is 0. The van der Waals surface area contributed by atoms with Crippen LogP contribution in [0.2, 0.25) is 0 Å². The van der Waals surface area contributed by atoms with Crippen LogP contribution in [0.4, 0.5) is 0 Å². The van der Waals surface area contributed by atoms with Crippen molar-refractivity contribution in [2.45, 2.75) is 6.54 Å². The summed E-state index contributed by atoms with van der Waals surface area (Å²) in [6.07, 6.45) is 8.20. The van der Waals surface area contributed by atoms with Crippen LogP contribution in [-0.4, -0.2) is 0 Å². The van der Waals surface area contributed by atoms with E-state index in [4.69, 9.17) is 0 Å². The van der Waals surface area contributed by atoms with Gasteiger partial charge < -0.3 is 0 Å². The standard InChI is InChI=1S/C16H16N/c1-2-15(16-9-5-3-6-10-16)11-14-17-12-7-4-8-13-17/h2-13H,1,14H2/q+1/b15-11+. The van der Waals surface area contributed by atoms with E-state index in [0.717, 1.165) is 6.54 Å². The molecule has 84 valence electrons. The second kappa shape index (κ2) is 5.80. The van der Waals surface area contributed by atoms with Crippen LogP contribution >= 0.6 is 0 Å². The van der Waals surface area contributed by atoms with Crippen molar-refractivity contribution in [3.63, 3.8) is 0 Å². The van der Waals surface area contributed by atoms with Crippen molar-refractivity contribution in [2.24, 2.45) is 0 Å². The summed E-state index contributed by atoms with van der Waals surface area (Å²) in [4.78, 5) is 0. The van der Waals surface area contributed by atoms with Gasteiger partial charge in [0.2, 0.25) is 0 Å². The molecule has 0 unspecified atom stereocenters. The van der Waals surface area contributed by atoms with E-state index in [0.29, 0.717) is 0 Å². The Hall–Kier alpha value is -2.15. The van der Waals surface area contributed by atoms with Crippen molar-refractivity contribution in [3.05, 3.63) is 85.2 Å². The molecule has 1 heteroatoms. The molecule has 2 rings (SSSR count). The number of nitrogens with zero attached hydrogens (tertiary/aromatic N) is 1. The van der Waals surface area contributed by atoms with Crippen LogP contribution in [0, 0.1) is 0 Å². The Morgan fingerprint density at radius 2 is 1.65 bits per heavy atom. The maximum Gasteiger partial charge on any atom is 0.169 e. The predicted octanol–water partition coefficient (Wildman–Crippen LogP) is 3.24. The van der Waals surface area contributed by atoms with Crippen LogP contribution in [0.15, 0.2) is 79.7 Å². The minimum absolute atomic E-state index is 0.858. The van der Waals surface area contributed by atoms with E-state index in [1.54, 1.807) is 0 Å². The van der Waals surface area contributed by atoms with Crippen molar-refractivity contribution in [2.75, 3.05) is 0 Å². The predicted molar refractivity (Wildman–Crippen MR) is 71.3 cm³/mol. The highest BCUT2D eigenvalue weighted by Gasteiger charge is 1.98. The van der Waals surface area contributed by atoms with E-state index in [2.05, 4.69) is 41.7 Å². The van der Waals surface area contributed by atoms with Gasteiger partial charge in [-0.25, -0.2) is 4.57 Å².